The van der Waals surface area contributed by atoms with Crippen LogP contribution in [0.2, 0.25) is 0 Å². The van der Waals surface area contributed by atoms with E-state index < -0.39 is 23.9 Å². The van der Waals surface area contributed by atoms with Gasteiger partial charge in [-0.05, 0) is 24.5 Å². The Kier molecular flexibility index (Phi) is 4.33. The van der Waals surface area contributed by atoms with Crippen molar-refractivity contribution in [2.75, 3.05) is 6.61 Å². The van der Waals surface area contributed by atoms with Crippen LogP contribution in [0.3, 0.4) is 0 Å². The highest BCUT2D eigenvalue weighted by molar-refractivity contribution is 6.05. The minimum absolute atomic E-state index is 0.178. The molecule has 2 amide bonds. The van der Waals surface area contributed by atoms with Crippen LogP contribution in [-0.2, 0) is 16.1 Å². The molecule has 0 saturated carbocycles. The second-order valence-electron chi connectivity index (χ2n) is 6.29. The standard InChI is InChI=1S/C18H21NO4/c1-11(21)13-7-8-14-16(15(13)10-20)18(23)19(17(14)22)9-12-5-3-2-4-6-12/h2-7,11,14-16,20-21H,8-10H2,1H3/t11-,14-,15+,16-/m1/s1. The quantitative estimate of drug-likeness (QED) is 0.644. The molecule has 23 heavy (non-hydrogen) atoms. The number of allylic oxidation sites excluding steroid dienone is 1. The molecule has 2 N–H and O–H groups in total. The van der Waals surface area contributed by atoms with Crippen molar-refractivity contribution >= 4 is 11.8 Å². The minimum Gasteiger partial charge on any atom is -0.396 e. The van der Waals surface area contributed by atoms with Gasteiger partial charge in [-0.3, -0.25) is 14.5 Å². The molecule has 0 unspecified atom stereocenters. The third-order valence-electron chi connectivity index (χ3n) is 4.90. The predicted molar refractivity (Wildman–Crippen MR) is 83.9 cm³/mol. The van der Waals surface area contributed by atoms with Crippen molar-refractivity contribution in [3.8, 4) is 0 Å². The molecule has 122 valence electrons. The number of hydrogen-bond acceptors (Lipinski definition) is 4. The number of hydrogen-bond donors (Lipinski definition) is 2. The van der Waals surface area contributed by atoms with E-state index in [1.54, 1.807) is 6.92 Å². The van der Waals surface area contributed by atoms with E-state index in [4.69, 9.17) is 0 Å². The Balaban J connectivity index is 1.87. The summed E-state index contributed by atoms with van der Waals surface area (Å²) in [6, 6.07) is 9.39. The van der Waals surface area contributed by atoms with Gasteiger partial charge >= 0.3 is 0 Å². The highest BCUT2D eigenvalue weighted by Crippen LogP contribution is 2.42. The van der Waals surface area contributed by atoms with E-state index in [2.05, 4.69) is 0 Å². The van der Waals surface area contributed by atoms with Crippen LogP contribution in [0.15, 0.2) is 42.0 Å². The summed E-state index contributed by atoms with van der Waals surface area (Å²) in [7, 11) is 0. The van der Waals surface area contributed by atoms with Crippen LogP contribution in [-0.4, -0.2) is 39.6 Å². The monoisotopic (exact) mass is 315 g/mol. The Hall–Kier alpha value is -1.98. The number of amides is 2. The number of benzene rings is 1. The summed E-state index contributed by atoms with van der Waals surface area (Å²) < 4.78 is 0. The van der Waals surface area contributed by atoms with Crippen LogP contribution < -0.4 is 0 Å². The van der Waals surface area contributed by atoms with Crippen molar-refractivity contribution in [1.82, 2.24) is 4.90 Å². The Bertz CT molecular complexity index is 638. The van der Waals surface area contributed by atoms with Crippen molar-refractivity contribution in [3.63, 3.8) is 0 Å². The molecule has 5 heteroatoms. The summed E-state index contributed by atoms with van der Waals surface area (Å²) in [4.78, 5) is 26.7. The Labute approximate surface area is 135 Å². The summed E-state index contributed by atoms with van der Waals surface area (Å²) in [5, 5.41) is 19.6. The molecule has 1 saturated heterocycles. The lowest BCUT2D eigenvalue weighted by Gasteiger charge is -2.31. The molecule has 0 spiro atoms. The Morgan fingerprint density at radius 2 is 1.91 bits per heavy atom. The molecule has 1 aromatic rings. The van der Waals surface area contributed by atoms with Gasteiger partial charge in [0.15, 0.2) is 0 Å². The molecule has 0 bridgehead atoms. The van der Waals surface area contributed by atoms with Gasteiger partial charge in [0.2, 0.25) is 11.8 Å². The van der Waals surface area contributed by atoms with Crippen LogP contribution in [0, 0.1) is 17.8 Å². The molecule has 1 aromatic carbocycles. The van der Waals surface area contributed by atoms with E-state index in [-0.39, 0.29) is 25.0 Å². The molecule has 3 rings (SSSR count). The van der Waals surface area contributed by atoms with Crippen molar-refractivity contribution in [3.05, 3.63) is 47.5 Å². The van der Waals surface area contributed by atoms with Gasteiger partial charge in [-0.15, -0.1) is 0 Å². The predicted octanol–water partition coefficient (Wildman–Crippen LogP) is 1.11. The normalized spacial score (nSPS) is 28.6. The first-order valence-electron chi connectivity index (χ1n) is 7.92. The lowest BCUT2D eigenvalue weighted by atomic mass is 9.72. The van der Waals surface area contributed by atoms with Crippen LogP contribution in [0.5, 0.6) is 0 Å². The fraction of sp³-hybridized carbons (Fsp3) is 0.444. The number of nitrogens with zero attached hydrogens (tertiary/aromatic N) is 1. The summed E-state index contributed by atoms with van der Waals surface area (Å²) in [5.41, 5.74) is 1.56. The van der Waals surface area contributed by atoms with E-state index in [0.29, 0.717) is 12.0 Å². The molecule has 1 heterocycles. The van der Waals surface area contributed by atoms with Gasteiger partial charge < -0.3 is 10.2 Å². The first kappa shape index (κ1) is 15.9. The van der Waals surface area contributed by atoms with Crippen LogP contribution in [0.25, 0.3) is 0 Å². The maximum Gasteiger partial charge on any atom is 0.234 e. The number of aliphatic hydroxyl groups excluding tert-OH is 2. The summed E-state index contributed by atoms with van der Waals surface area (Å²) in [6.45, 7) is 1.64. The number of imide groups is 1. The maximum absolute atomic E-state index is 12.8. The van der Waals surface area contributed by atoms with Gasteiger partial charge in [0.1, 0.15) is 0 Å². The maximum atomic E-state index is 12.8. The average molecular weight is 315 g/mol. The molecular weight excluding hydrogens is 294 g/mol. The first-order valence-corrected chi connectivity index (χ1v) is 7.92. The van der Waals surface area contributed by atoms with E-state index in [1.165, 1.54) is 4.90 Å². The van der Waals surface area contributed by atoms with Crippen LogP contribution >= 0.6 is 0 Å². The number of aliphatic hydroxyl groups is 2. The fourth-order valence-electron chi connectivity index (χ4n) is 3.76. The highest BCUT2D eigenvalue weighted by atomic mass is 16.3. The summed E-state index contributed by atoms with van der Waals surface area (Å²) >= 11 is 0. The molecule has 0 aromatic heterocycles. The van der Waals surface area contributed by atoms with Crippen molar-refractivity contribution in [2.24, 2.45) is 17.8 Å². The Morgan fingerprint density at radius 3 is 2.52 bits per heavy atom. The molecule has 0 radical (unpaired) electrons. The highest BCUT2D eigenvalue weighted by Gasteiger charge is 2.52. The fourth-order valence-corrected chi connectivity index (χ4v) is 3.76. The largest absolute Gasteiger partial charge is 0.396 e. The zero-order valence-electron chi connectivity index (χ0n) is 13.1. The number of carbonyl (C=O) groups is 2. The zero-order chi connectivity index (χ0) is 16.6. The van der Waals surface area contributed by atoms with Gasteiger partial charge in [-0.2, -0.15) is 0 Å². The number of likely N-dealkylation sites (tertiary alicyclic amines) is 1. The molecule has 1 fully saturated rings. The SMILES string of the molecule is C[C@@H](O)C1=CC[C@H]2C(=O)N(Cc3ccccc3)C(=O)[C@H]2[C@H]1CO. The topological polar surface area (TPSA) is 77.8 Å². The third kappa shape index (κ3) is 2.71. The van der Waals surface area contributed by atoms with Crippen LogP contribution in [0.4, 0.5) is 0 Å². The average Bonchev–Trinajstić information content (AvgIpc) is 2.80. The van der Waals surface area contributed by atoms with E-state index in [0.717, 1.165) is 5.56 Å². The van der Waals surface area contributed by atoms with Gasteiger partial charge in [-0.1, -0.05) is 36.4 Å². The van der Waals surface area contributed by atoms with Crippen molar-refractivity contribution < 1.29 is 19.8 Å². The number of rotatable bonds is 4. The lowest BCUT2D eigenvalue weighted by molar-refractivity contribution is -0.140. The van der Waals surface area contributed by atoms with Gasteiger partial charge in [0, 0.05) is 5.92 Å². The molecule has 2 aliphatic rings. The van der Waals surface area contributed by atoms with E-state index >= 15 is 0 Å². The van der Waals surface area contributed by atoms with Gasteiger partial charge in [0.25, 0.3) is 0 Å². The number of carbonyl (C=O) groups excluding carboxylic acids is 2. The van der Waals surface area contributed by atoms with E-state index in [9.17, 15) is 19.8 Å². The summed E-state index contributed by atoms with van der Waals surface area (Å²) in [6.07, 6.45) is 1.53. The smallest absolute Gasteiger partial charge is 0.234 e. The molecule has 1 aliphatic carbocycles. The van der Waals surface area contributed by atoms with Crippen LogP contribution in [0.1, 0.15) is 18.9 Å². The summed E-state index contributed by atoms with van der Waals surface area (Å²) in [5.74, 6) is -1.89. The minimum atomic E-state index is -0.723. The van der Waals surface area contributed by atoms with Gasteiger partial charge in [0.05, 0.1) is 31.1 Å². The first-order chi connectivity index (χ1) is 11.0. The molecule has 4 atom stereocenters. The van der Waals surface area contributed by atoms with Crippen molar-refractivity contribution in [1.29, 1.82) is 0 Å². The molecule has 1 aliphatic heterocycles. The second-order valence-corrected chi connectivity index (χ2v) is 6.29. The lowest BCUT2D eigenvalue weighted by Crippen LogP contribution is -2.36. The zero-order valence-corrected chi connectivity index (χ0v) is 13.1. The Morgan fingerprint density at radius 1 is 1.22 bits per heavy atom. The van der Waals surface area contributed by atoms with Crippen molar-refractivity contribution in [2.45, 2.75) is 26.0 Å². The second kappa shape index (κ2) is 6.26. The number of fused-ring (bicyclic) bond motifs is 1. The molecule has 5 nitrogen and oxygen atoms in total. The third-order valence-corrected chi connectivity index (χ3v) is 4.90. The molecular formula is C18H21NO4. The van der Waals surface area contributed by atoms with Gasteiger partial charge in [-0.25, -0.2) is 0 Å². The van der Waals surface area contributed by atoms with E-state index in [1.807, 2.05) is 36.4 Å².